The Hall–Kier alpha value is -4.26. The van der Waals surface area contributed by atoms with Crippen LogP contribution in [0.15, 0.2) is 79.1 Å². The van der Waals surface area contributed by atoms with E-state index in [0.717, 1.165) is 76.9 Å². The van der Waals surface area contributed by atoms with Crippen LogP contribution in [0.1, 0.15) is 70.2 Å². The molecule has 7 rings (SSSR count). The molecule has 0 unspecified atom stereocenters. The van der Waals surface area contributed by atoms with E-state index in [-0.39, 0.29) is 0 Å². The van der Waals surface area contributed by atoms with E-state index in [1.807, 2.05) is 49.8 Å². The third kappa shape index (κ3) is 3.86. The lowest BCUT2D eigenvalue weighted by molar-refractivity contribution is -0.521. The van der Waals surface area contributed by atoms with Crippen LogP contribution in [0.2, 0.25) is 0 Å². The molecule has 2 aromatic carbocycles. The number of hydrogen-bond donors (Lipinski definition) is 1. The third-order valence-electron chi connectivity index (χ3n) is 8.59. The van der Waals surface area contributed by atoms with Crippen LogP contribution in [0.3, 0.4) is 0 Å². The Morgan fingerprint density at radius 1 is 1.02 bits per heavy atom. The highest BCUT2D eigenvalue weighted by molar-refractivity contribution is 5.92. The zero-order valence-electron chi connectivity index (χ0n) is 23.2. The molecule has 0 spiro atoms. The largest absolute Gasteiger partial charge is 0.465 e. The van der Waals surface area contributed by atoms with Gasteiger partial charge in [0.05, 0.1) is 28.6 Å². The van der Waals surface area contributed by atoms with Gasteiger partial charge in [0.2, 0.25) is 0 Å². The summed E-state index contributed by atoms with van der Waals surface area (Å²) in [5.74, 6) is 1.54. The molecule has 2 saturated carbocycles. The Balaban J connectivity index is 1.38. The molecule has 3 heterocycles. The van der Waals surface area contributed by atoms with E-state index in [0.29, 0.717) is 5.92 Å². The number of hydrogen-bond acceptors (Lipinski definition) is 3. The number of carbonyl (C=O) groups is 1. The molecule has 5 aromatic rings. The first-order valence-corrected chi connectivity index (χ1v) is 14.2. The second kappa shape index (κ2) is 8.88. The molecular weight excluding hydrogens is 498 g/mol. The number of benzene rings is 2. The van der Waals surface area contributed by atoms with Crippen molar-refractivity contribution in [2.75, 3.05) is 0 Å². The topological polar surface area (TPSA) is 75.4 Å². The molecule has 3 aromatic heterocycles. The van der Waals surface area contributed by atoms with E-state index in [2.05, 4.69) is 59.1 Å². The summed E-state index contributed by atoms with van der Waals surface area (Å²) in [6, 6.07) is 23.0. The number of aromatic nitrogens is 4. The molecule has 2 fully saturated rings. The fourth-order valence-corrected chi connectivity index (χ4v) is 6.50. The molecule has 202 valence electrons. The van der Waals surface area contributed by atoms with Crippen molar-refractivity contribution in [3.8, 4) is 16.8 Å². The van der Waals surface area contributed by atoms with Crippen LogP contribution in [-0.2, 0) is 5.54 Å². The van der Waals surface area contributed by atoms with Crippen LogP contribution >= 0.6 is 0 Å². The maximum atomic E-state index is 12.4. The highest BCUT2D eigenvalue weighted by Gasteiger charge is 2.50. The van der Waals surface area contributed by atoms with Gasteiger partial charge in [-0.25, -0.2) is 4.79 Å². The number of nitrogens with zero attached hydrogens (tertiary/aromatic N) is 5. The molecule has 7 heteroatoms. The molecule has 7 nitrogen and oxygen atoms in total. The van der Waals surface area contributed by atoms with Crippen LogP contribution in [0.5, 0.6) is 0 Å². The van der Waals surface area contributed by atoms with Gasteiger partial charge in [0.15, 0.2) is 0 Å². The van der Waals surface area contributed by atoms with Gasteiger partial charge in [-0.15, -0.1) is 0 Å². The molecule has 0 aliphatic heterocycles. The van der Waals surface area contributed by atoms with E-state index >= 15 is 0 Å². The first-order chi connectivity index (χ1) is 19.3. The fraction of sp³-hybridized carbons (Fsp3) is 0.333. The van der Waals surface area contributed by atoms with Crippen molar-refractivity contribution >= 4 is 22.6 Å². The molecule has 0 radical (unpaired) electrons. The van der Waals surface area contributed by atoms with E-state index in [9.17, 15) is 9.90 Å². The first kappa shape index (κ1) is 24.8. The lowest BCUT2D eigenvalue weighted by Crippen LogP contribution is -2.60. The van der Waals surface area contributed by atoms with Crippen molar-refractivity contribution in [2.24, 2.45) is 0 Å². The highest BCUT2D eigenvalue weighted by Crippen LogP contribution is 2.49. The summed E-state index contributed by atoms with van der Waals surface area (Å²) in [5, 5.41) is 16.4. The van der Waals surface area contributed by atoms with Crippen LogP contribution in [0.4, 0.5) is 4.79 Å². The van der Waals surface area contributed by atoms with Crippen molar-refractivity contribution in [3.05, 3.63) is 90.5 Å². The smallest absolute Gasteiger partial charge is 0.408 e. The standard InChI is InChI=1S/C33H33N5O2/c1-32(2,3)38(31(39)40)33(17-7-18-33)25-12-14-26(15-13-25)37-30-27-20-24(22-8-5-4-6-9-22)21-34-28(27)16-19-36(30)29(35-37)23-10-11-23/h4-6,8-9,12-16,19-21,23H,7,10-11,17-18H2,1-3H3/p+1. The summed E-state index contributed by atoms with van der Waals surface area (Å²) in [6.45, 7) is 5.93. The summed E-state index contributed by atoms with van der Waals surface area (Å²) in [6.07, 6.45) is 8.16. The zero-order chi connectivity index (χ0) is 27.6. The molecule has 40 heavy (non-hydrogen) atoms. The SMILES string of the molecule is CC(C)(C)N(C(=O)O)C1(c2ccc(-n3nc(C4CC4)[n+]4ccc5ncc(-c6ccccc6)cc5c34)cc2)CCC1. The van der Waals surface area contributed by atoms with E-state index < -0.39 is 17.2 Å². The molecule has 0 saturated heterocycles. The average molecular weight is 533 g/mol. The summed E-state index contributed by atoms with van der Waals surface area (Å²) < 4.78 is 4.27. The lowest BCUT2D eigenvalue weighted by Gasteiger charge is -2.54. The Morgan fingerprint density at radius 2 is 1.75 bits per heavy atom. The minimum absolute atomic E-state index is 0.463. The Bertz CT molecular complexity index is 1740. The number of carboxylic acid groups (broad SMARTS) is 1. The monoisotopic (exact) mass is 532 g/mol. The van der Waals surface area contributed by atoms with Gasteiger partial charge >= 0.3 is 6.09 Å². The highest BCUT2D eigenvalue weighted by atomic mass is 16.4. The van der Waals surface area contributed by atoms with Gasteiger partial charge in [-0.1, -0.05) is 47.1 Å². The number of fused-ring (bicyclic) bond motifs is 3. The Morgan fingerprint density at radius 3 is 2.35 bits per heavy atom. The van der Waals surface area contributed by atoms with Gasteiger partial charge in [0, 0.05) is 22.4 Å². The molecule has 0 atom stereocenters. The van der Waals surface area contributed by atoms with E-state index in [1.54, 1.807) is 4.90 Å². The maximum absolute atomic E-state index is 12.4. The minimum atomic E-state index is -0.868. The quantitative estimate of drug-likeness (QED) is 0.251. The predicted molar refractivity (Wildman–Crippen MR) is 155 cm³/mol. The average Bonchev–Trinajstić information content (AvgIpc) is 3.69. The lowest BCUT2D eigenvalue weighted by atomic mass is 9.69. The third-order valence-corrected chi connectivity index (χ3v) is 8.59. The fourth-order valence-electron chi connectivity index (χ4n) is 6.50. The van der Waals surface area contributed by atoms with Gasteiger partial charge in [-0.3, -0.25) is 9.88 Å². The van der Waals surface area contributed by atoms with Gasteiger partial charge in [0.25, 0.3) is 11.5 Å². The van der Waals surface area contributed by atoms with Crippen molar-refractivity contribution in [2.45, 2.75) is 69.9 Å². The molecule has 2 aliphatic carbocycles. The molecule has 2 aliphatic rings. The second-order valence-corrected chi connectivity index (χ2v) is 12.3. The van der Waals surface area contributed by atoms with Crippen molar-refractivity contribution in [3.63, 3.8) is 0 Å². The van der Waals surface area contributed by atoms with Gasteiger partial charge < -0.3 is 5.11 Å². The van der Waals surface area contributed by atoms with Crippen molar-refractivity contribution in [1.29, 1.82) is 0 Å². The van der Waals surface area contributed by atoms with E-state index in [1.165, 1.54) is 0 Å². The molecule has 0 bridgehead atoms. The van der Waals surface area contributed by atoms with Crippen molar-refractivity contribution in [1.82, 2.24) is 19.7 Å². The predicted octanol–water partition coefficient (Wildman–Crippen LogP) is 6.86. The van der Waals surface area contributed by atoms with Gasteiger partial charge in [-0.2, -0.15) is 4.40 Å². The van der Waals surface area contributed by atoms with Crippen LogP contribution < -0.4 is 4.40 Å². The minimum Gasteiger partial charge on any atom is -0.465 e. The van der Waals surface area contributed by atoms with Crippen LogP contribution in [0, 0.1) is 0 Å². The Labute approximate surface area is 233 Å². The first-order valence-electron chi connectivity index (χ1n) is 14.2. The zero-order valence-corrected chi connectivity index (χ0v) is 23.2. The maximum Gasteiger partial charge on any atom is 0.408 e. The Kier molecular flexibility index (Phi) is 5.50. The van der Waals surface area contributed by atoms with Crippen molar-refractivity contribution < 1.29 is 14.3 Å². The van der Waals surface area contributed by atoms with E-state index in [4.69, 9.17) is 10.1 Å². The normalized spacial score (nSPS) is 16.7. The van der Waals surface area contributed by atoms with Gasteiger partial charge in [-0.05, 0) is 88.3 Å². The molecule has 1 N–H and O–H groups in total. The number of amides is 1. The number of pyridine rings is 2. The summed E-state index contributed by atoms with van der Waals surface area (Å²) in [4.78, 5) is 18.9. The second-order valence-electron chi connectivity index (χ2n) is 12.3. The van der Waals surface area contributed by atoms with Gasteiger partial charge in [0.1, 0.15) is 5.69 Å². The summed E-state index contributed by atoms with van der Waals surface area (Å²) >= 11 is 0. The summed E-state index contributed by atoms with van der Waals surface area (Å²) in [7, 11) is 0. The number of rotatable bonds is 5. The van der Waals surface area contributed by atoms with Crippen LogP contribution in [-0.4, -0.2) is 36.4 Å². The molecular formula is C33H34N5O2+. The molecule has 1 amide bonds. The van der Waals surface area contributed by atoms with Crippen LogP contribution in [0.25, 0.3) is 33.4 Å². The summed E-state index contributed by atoms with van der Waals surface area (Å²) in [5.41, 5.74) is 5.13.